The number of oxime groups is 1. The Morgan fingerprint density at radius 2 is 2.33 bits per heavy atom. The molecule has 2 heterocycles. The molecule has 3 rings (SSSR count). The zero-order valence-corrected chi connectivity index (χ0v) is 12.4. The monoisotopic (exact) mass is 288 g/mol. The Morgan fingerprint density at radius 1 is 1.48 bits per heavy atom. The van der Waals surface area contributed by atoms with Gasteiger partial charge in [0, 0.05) is 37.7 Å². The lowest BCUT2D eigenvalue weighted by Gasteiger charge is -2.15. The van der Waals surface area contributed by atoms with Gasteiger partial charge in [-0.25, -0.2) is 0 Å². The fourth-order valence-corrected chi connectivity index (χ4v) is 2.63. The van der Waals surface area contributed by atoms with Crippen molar-refractivity contribution in [3.8, 4) is 5.75 Å². The average molecular weight is 288 g/mol. The molecule has 0 radical (unpaired) electrons. The molecule has 2 N–H and O–H groups in total. The Hall–Kier alpha value is -2.08. The van der Waals surface area contributed by atoms with Crippen LogP contribution in [0.4, 0.5) is 0 Å². The fraction of sp³-hybridized carbons (Fsp3) is 0.467. The summed E-state index contributed by atoms with van der Waals surface area (Å²) in [6.45, 7) is 2.27. The molecular formula is C15H20N4O2. The van der Waals surface area contributed by atoms with E-state index in [-0.39, 0.29) is 6.10 Å². The first-order chi connectivity index (χ1) is 10.2. The van der Waals surface area contributed by atoms with E-state index in [2.05, 4.69) is 21.1 Å². The molecule has 0 fully saturated rings. The summed E-state index contributed by atoms with van der Waals surface area (Å²) < 4.78 is 5.52. The van der Waals surface area contributed by atoms with Gasteiger partial charge in [-0.1, -0.05) is 11.2 Å². The van der Waals surface area contributed by atoms with Crippen molar-refractivity contribution in [1.29, 1.82) is 0 Å². The van der Waals surface area contributed by atoms with Gasteiger partial charge in [-0.3, -0.25) is 4.99 Å². The van der Waals surface area contributed by atoms with Crippen molar-refractivity contribution in [3.63, 3.8) is 0 Å². The molecular weight excluding hydrogens is 268 g/mol. The third-order valence-corrected chi connectivity index (χ3v) is 3.83. The summed E-state index contributed by atoms with van der Waals surface area (Å²) in [5.74, 6) is 1.79. The van der Waals surface area contributed by atoms with E-state index >= 15 is 0 Å². The zero-order valence-electron chi connectivity index (χ0n) is 12.4. The summed E-state index contributed by atoms with van der Waals surface area (Å²) in [6.07, 6.45) is 0.683. The second kappa shape index (κ2) is 5.73. The third kappa shape index (κ3) is 2.58. The maximum Gasteiger partial charge on any atom is 0.145 e. The molecule has 0 spiro atoms. The van der Waals surface area contributed by atoms with Crippen LogP contribution in [0.15, 0.2) is 28.3 Å². The van der Waals surface area contributed by atoms with Crippen LogP contribution in [0, 0.1) is 0 Å². The maximum absolute atomic E-state index is 5.62. The zero-order chi connectivity index (χ0) is 14.8. The number of rotatable bonds is 4. The van der Waals surface area contributed by atoms with Gasteiger partial charge in [0.25, 0.3) is 0 Å². The van der Waals surface area contributed by atoms with Crippen LogP contribution in [0.1, 0.15) is 17.5 Å². The van der Waals surface area contributed by atoms with Gasteiger partial charge < -0.3 is 20.2 Å². The molecule has 21 heavy (non-hydrogen) atoms. The molecule has 112 valence electrons. The van der Waals surface area contributed by atoms with E-state index in [1.807, 2.05) is 19.2 Å². The number of aliphatic imine (C=N–C) groups is 1. The molecule has 0 bridgehead atoms. The largest absolute Gasteiger partial charge is 0.496 e. The molecule has 0 aromatic heterocycles. The van der Waals surface area contributed by atoms with Crippen molar-refractivity contribution >= 4 is 11.5 Å². The normalized spacial score (nSPS) is 21.1. The summed E-state index contributed by atoms with van der Waals surface area (Å²) in [5, 5.41) is 4.12. The van der Waals surface area contributed by atoms with E-state index in [1.165, 1.54) is 0 Å². The average Bonchev–Trinajstić information content (AvgIpc) is 3.15. The molecule has 1 atom stereocenters. The van der Waals surface area contributed by atoms with Crippen LogP contribution >= 0.6 is 0 Å². The second-order valence-corrected chi connectivity index (χ2v) is 5.25. The maximum atomic E-state index is 5.62. The van der Waals surface area contributed by atoms with Crippen LogP contribution in [0.25, 0.3) is 0 Å². The van der Waals surface area contributed by atoms with E-state index in [0.29, 0.717) is 13.0 Å². The van der Waals surface area contributed by atoms with Gasteiger partial charge >= 0.3 is 0 Å². The summed E-state index contributed by atoms with van der Waals surface area (Å²) in [4.78, 5) is 12.0. The summed E-state index contributed by atoms with van der Waals surface area (Å²) >= 11 is 0. The first-order valence-electron chi connectivity index (χ1n) is 7.10. The number of nitrogens with zero attached hydrogens (tertiary/aromatic N) is 3. The number of likely N-dealkylation sites (N-methyl/N-ethyl adjacent to an activating group) is 1. The van der Waals surface area contributed by atoms with Crippen molar-refractivity contribution < 1.29 is 9.57 Å². The van der Waals surface area contributed by atoms with Gasteiger partial charge in [-0.05, 0) is 12.1 Å². The Bertz CT molecular complexity index is 597. The van der Waals surface area contributed by atoms with E-state index in [9.17, 15) is 0 Å². The lowest BCUT2D eigenvalue weighted by Crippen LogP contribution is -2.23. The highest BCUT2D eigenvalue weighted by Gasteiger charge is 2.24. The van der Waals surface area contributed by atoms with Gasteiger partial charge in [0.1, 0.15) is 17.7 Å². The van der Waals surface area contributed by atoms with Crippen LogP contribution < -0.4 is 10.5 Å². The third-order valence-electron chi connectivity index (χ3n) is 3.83. The van der Waals surface area contributed by atoms with E-state index in [0.717, 1.165) is 41.5 Å². The SMILES string of the molecule is COc1cc(C2=NCCN2C)ccc1C1=NOC(CN)C1. The molecule has 2 aliphatic rings. The number of amidine groups is 1. The van der Waals surface area contributed by atoms with Crippen molar-refractivity contribution in [2.24, 2.45) is 15.9 Å². The van der Waals surface area contributed by atoms with Crippen molar-refractivity contribution in [2.45, 2.75) is 12.5 Å². The van der Waals surface area contributed by atoms with E-state index < -0.39 is 0 Å². The predicted molar refractivity (Wildman–Crippen MR) is 82.1 cm³/mol. The molecule has 6 heteroatoms. The van der Waals surface area contributed by atoms with Gasteiger partial charge in [0.2, 0.25) is 0 Å². The molecule has 6 nitrogen and oxygen atoms in total. The highest BCUT2D eigenvalue weighted by Crippen LogP contribution is 2.27. The number of hydrogen-bond donors (Lipinski definition) is 1. The molecule has 1 aromatic carbocycles. The van der Waals surface area contributed by atoms with Crippen molar-refractivity contribution in [2.75, 3.05) is 33.8 Å². The molecule has 2 aliphatic heterocycles. The van der Waals surface area contributed by atoms with Crippen LogP contribution in [-0.2, 0) is 4.84 Å². The Kier molecular flexibility index (Phi) is 3.79. The van der Waals surface area contributed by atoms with Gasteiger partial charge in [-0.2, -0.15) is 0 Å². The minimum atomic E-state index is -0.0327. The van der Waals surface area contributed by atoms with Crippen molar-refractivity contribution in [1.82, 2.24) is 4.90 Å². The lowest BCUT2D eigenvalue weighted by molar-refractivity contribution is 0.0918. The minimum absolute atomic E-state index is 0.0327. The molecule has 0 amide bonds. The van der Waals surface area contributed by atoms with E-state index in [1.54, 1.807) is 7.11 Å². The Morgan fingerprint density at radius 3 is 2.95 bits per heavy atom. The molecule has 0 saturated carbocycles. The van der Waals surface area contributed by atoms with Crippen molar-refractivity contribution in [3.05, 3.63) is 29.3 Å². The van der Waals surface area contributed by atoms with Gasteiger partial charge in [-0.15, -0.1) is 0 Å². The van der Waals surface area contributed by atoms with Gasteiger partial charge in [0.05, 0.1) is 19.4 Å². The first-order valence-corrected chi connectivity index (χ1v) is 7.10. The predicted octanol–water partition coefficient (Wildman–Crippen LogP) is 0.839. The van der Waals surface area contributed by atoms with Crippen LogP contribution in [0.3, 0.4) is 0 Å². The fourth-order valence-electron chi connectivity index (χ4n) is 2.63. The highest BCUT2D eigenvalue weighted by molar-refractivity contribution is 6.06. The van der Waals surface area contributed by atoms with Crippen LogP contribution in [0.2, 0.25) is 0 Å². The number of hydrogen-bond acceptors (Lipinski definition) is 6. The standard InChI is InChI=1S/C15H20N4O2/c1-19-6-5-17-15(19)10-3-4-12(14(7-10)20-2)13-8-11(9-16)21-18-13/h3-4,7,11H,5-6,8-9,16H2,1-2H3. The van der Waals surface area contributed by atoms with Crippen LogP contribution in [0.5, 0.6) is 5.75 Å². The summed E-state index contributed by atoms with van der Waals surface area (Å²) in [7, 11) is 3.71. The van der Waals surface area contributed by atoms with E-state index in [4.69, 9.17) is 15.3 Å². The molecule has 0 aliphatic carbocycles. The molecule has 1 aromatic rings. The Balaban J connectivity index is 1.90. The lowest BCUT2D eigenvalue weighted by atomic mass is 10.0. The smallest absolute Gasteiger partial charge is 0.145 e. The van der Waals surface area contributed by atoms with Gasteiger partial charge in [0.15, 0.2) is 0 Å². The van der Waals surface area contributed by atoms with Crippen LogP contribution in [-0.4, -0.2) is 56.3 Å². The second-order valence-electron chi connectivity index (χ2n) is 5.25. The Labute approximate surface area is 124 Å². The number of nitrogens with two attached hydrogens (primary N) is 1. The topological polar surface area (TPSA) is 72.4 Å². The quantitative estimate of drug-likeness (QED) is 0.891. The first kappa shape index (κ1) is 13.9. The highest BCUT2D eigenvalue weighted by atomic mass is 16.6. The summed E-state index contributed by atoms with van der Waals surface area (Å²) in [5.41, 5.74) is 8.52. The summed E-state index contributed by atoms with van der Waals surface area (Å²) in [6, 6.07) is 6.08. The minimum Gasteiger partial charge on any atom is -0.496 e. The molecule has 1 unspecified atom stereocenters. The number of ether oxygens (including phenoxy) is 1. The molecule has 0 saturated heterocycles. The number of benzene rings is 1. The number of methoxy groups -OCH3 is 1.